The van der Waals surface area contributed by atoms with Gasteiger partial charge in [-0.15, -0.1) is 11.3 Å². The van der Waals surface area contributed by atoms with Crippen LogP contribution in [-0.2, 0) is 0 Å². The third kappa shape index (κ3) is 8.00. The average Bonchev–Trinajstić information content (AvgIpc) is 3.86. The van der Waals surface area contributed by atoms with Gasteiger partial charge in [-0.2, -0.15) is 9.97 Å². The molecule has 6 heterocycles. The summed E-state index contributed by atoms with van der Waals surface area (Å²) in [5, 5.41) is 5.44. The lowest BCUT2D eigenvalue weighted by Gasteiger charge is -2.34. The molecular weight excluding hydrogens is 658 g/mol. The summed E-state index contributed by atoms with van der Waals surface area (Å²) >= 11 is 1.19. The molecule has 274 valence electrons. The number of nitrogens with one attached hydrogen (secondary N) is 1. The van der Waals surface area contributed by atoms with Gasteiger partial charge in [-0.1, -0.05) is 53.0 Å². The zero-order chi connectivity index (χ0) is 36.1. The Morgan fingerprint density at radius 2 is 1.68 bits per heavy atom. The fourth-order valence-electron chi connectivity index (χ4n) is 7.52. The van der Waals surface area contributed by atoms with E-state index in [9.17, 15) is 8.78 Å². The van der Waals surface area contributed by atoms with Crippen LogP contribution in [0.4, 0.5) is 24.0 Å². The molecule has 7 nitrogen and oxygen atoms in total. The normalized spacial score (nSPS) is 22.4. The van der Waals surface area contributed by atoms with E-state index in [0.717, 1.165) is 50.0 Å². The molecule has 0 saturated carbocycles. The predicted molar refractivity (Wildman–Crippen MR) is 204 cm³/mol. The third-order valence-corrected chi connectivity index (χ3v) is 11.2. The van der Waals surface area contributed by atoms with E-state index in [4.69, 9.17) is 10.5 Å². The maximum atomic E-state index is 16.3. The molecule has 8 rings (SSSR count). The maximum Gasteiger partial charge on any atom is 0.318 e. The van der Waals surface area contributed by atoms with Gasteiger partial charge < -0.3 is 20.7 Å². The molecule has 11 heteroatoms. The second kappa shape index (κ2) is 16.9. The second-order valence-electron chi connectivity index (χ2n) is 14.1. The number of aryl methyl sites for hydroxylation is 2. The quantitative estimate of drug-likeness (QED) is 0.218. The van der Waals surface area contributed by atoms with Crippen LogP contribution in [0, 0.1) is 25.5 Å². The van der Waals surface area contributed by atoms with Crippen molar-refractivity contribution in [2.24, 2.45) is 0 Å². The van der Waals surface area contributed by atoms with Crippen LogP contribution in [0.3, 0.4) is 0 Å². The monoisotopic (exact) mass is 712 g/mol. The Bertz CT molecular complexity index is 1740. The van der Waals surface area contributed by atoms with Crippen molar-refractivity contribution in [3.05, 3.63) is 41.0 Å². The van der Waals surface area contributed by atoms with Crippen LogP contribution in [0.25, 0.3) is 32.1 Å². The summed E-state index contributed by atoms with van der Waals surface area (Å²) < 4.78 is 49.3. The highest BCUT2D eigenvalue weighted by molar-refractivity contribution is 7.23. The Balaban J connectivity index is 0.000000251. The standard InChI is InChI=1S/C25H25F2N5OS.C7H12FN.C4H10.C3H8/c1-11-8-16-21(30-25(33-3)31-24(16)32-9-13-4-5-14(10-32)29-13)20(27)18(11)15-6-7-17(26)22-19(15)12(2)23(28)34-22;8-6-4-7-2-1-3-9(7)5-6;1-3-4-2;1-3-2/h6-8,13-14,29H,4-5,9-10,28H2,1-3H3;6-7H,1-5H2;3-4H2,1-2H3;3H2,1-2H3. The van der Waals surface area contributed by atoms with Crippen molar-refractivity contribution >= 4 is 43.1 Å². The third-order valence-electron chi connectivity index (χ3n) is 10.1. The number of methoxy groups -OCH3 is 1. The number of aromatic nitrogens is 2. The summed E-state index contributed by atoms with van der Waals surface area (Å²) in [5.74, 6) is -0.136. The zero-order valence-corrected chi connectivity index (χ0v) is 31.7. The maximum absolute atomic E-state index is 16.3. The van der Waals surface area contributed by atoms with E-state index in [-0.39, 0.29) is 17.3 Å². The number of nitrogens with two attached hydrogens (primary N) is 1. The van der Waals surface area contributed by atoms with Crippen LogP contribution in [0.15, 0.2) is 18.2 Å². The molecule has 2 bridgehead atoms. The Hall–Kier alpha value is -3.15. The molecule has 2 aromatic heterocycles. The molecule has 4 aliphatic rings. The first kappa shape index (κ1) is 38.1. The number of rotatable bonds is 4. The Kier molecular flexibility index (Phi) is 12.9. The summed E-state index contributed by atoms with van der Waals surface area (Å²) in [6.45, 7) is 15.8. The van der Waals surface area contributed by atoms with Crippen molar-refractivity contribution in [2.75, 3.05) is 43.9 Å². The summed E-state index contributed by atoms with van der Waals surface area (Å²) in [7, 11) is 1.49. The molecule has 0 spiro atoms. The molecule has 0 aliphatic carbocycles. The van der Waals surface area contributed by atoms with Crippen molar-refractivity contribution in [2.45, 2.75) is 117 Å². The fourth-order valence-corrected chi connectivity index (χ4v) is 8.53. The first-order valence-electron chi connectivity index (χ1n) is 18.5. The Labute approximate surface area is 299 Å². The van der Waals surface area contributed by atoms with Crippen molar-refractivity contribution < 1.29 is 17.9 Å². The minimum Gasteiger partial charge on any atom is -0.467 e. The number of anilines is 2. The molecule has 4 fully saturated rings. The number of thiophene rings is 1. The summed E-state index contributed by atoms with van der Waals surface area (Å²) in [6.07, 6.45) is 8.96. The van der Waals surface area contributed by atoms with E-state index < -0.39 is 12.0 Å². The van der Waals surface area contributed by atoms with E-state index in [1.54, 1.807) is 6.07 Å². The highest BCUT2D eigenvalue weighted by Crippen LogP contribution is 2.44. The molecular formula is C39H55F3N6OS. The van der Waals surface area contributed by atoms with Crippen LogP contribution >= 0.6 is 11.3 Å². The molecule has 2 aromatic carbocycles. The number of fused-ring (bicyclic) bond motifs is 5. The highest BCUT2D eigenvalue weighted by Gasteiger charge is 2.35. The van der Waals surface area contributed by atoms with Gasteiger partial charge >= 0.3 is 6.01 Å². The molecule has 4 unspecified atom stereocenters. The van der Waals surface area contributed by atoms with E-state index in [1.165, 1.54) is 56.6 Å². The van der Waals surface area contributed by atoms with Crippen molar-refractivity contribution in [1.82, 2.24) is 20.2 Å². The van der Waals surface area contributed by atoms with Gasteiger partial charge in [-0.25, -0.2) is 13.2 Å². The smallest absolute Gasteiger partial charge is 0.318 e. The van der Waals surface area contributed by atoms with Crippen LogP contribution in [0.2, 0.25) is 0 Å². The number of alkyl halides is 1. The second-order valence-corrected chi connectivity index (χ2v) is 15.1. The number of unbranched alkanes of at least 4 members (excludes halogenated alkanes) is 1. The van der Waals surface area contributed by atoms with Crippen LogP contribution in [0.1, 0.15) is 90.2 Å². The minimum atomic E-state index is -0.518. The molecule has 0 radical (unpaired) electrons. The van der Waals surface area contributed by atoms with Crippen molar-refractivity contribution in [3.8, 4) is 17.1 Å². The predicted octanol–water partition coefficient (Wildman–Crippen LogP) is 9.35. The number of benzene rings is 2. The minimum absolute atomic E-state index is 0.127. The van der Waals surface area contributed by atoms with E-state index in [0.29, 0.717) is 62.1 Å². The first-order valence-corrected chi connectivity index (χ1v) is 19.3. The largest absolute Gasteiger partial charge is 0.467 e. The molecule has 4 atom stereocenters. The van der Waals surface area contributed by atoms with Crippen LogP contribution in [-0.4, -0.2) is 72.5 Å². The van der Waals surface area contributed by atoms with E-state index in [1.807, 2.05) is 19.9 Å². The molecule has 4 aromatic rings. The Morgan fingerprint density at radius 1 is 1.00 bits per heavy atom. The van der Waals surface area contributed by atoms with Gasteiger partial charge in [0.15, 0.2) is 5.82 Å². The lowest BCUT2D eigenvalue weighted by atomic mass is 9.93. The summed E-state index contributed by atoms with van der Waals surface area (Å²) in [6, 6.07) is 6.48. The molecule has 0 amide bonds. The van der Waals surface area contributed by atoms with Crippen LogP contribution < -0.4 is 20.7 Å². The lowest BCUT2D eigenvalue weighted by Crippen LogP contribution is -2.51. The van der Waals surface area contributed by atoms with Gasteiger partial charge in [-0.05, 0) is 81.3 Å². The van der Waals surface area contributed by atoms with Gasteiger partial charge in [0.05, 0.1) is 16.8 Å². The summed E-state index contributed by atoms with van der Waals surface area (Å²) in [5.41, 5.74) is 8.80. The highest BCUT2D eigenvalue weighted by atomic mass is 32.1. The summed E-state index contributed by atoms with van der Waals surface area (Å²) in [4.78, 5) is 13.5. The molecule has 3 N–H and O–H groups in total. The average molecular weight is 713 g/mol. The lowest BCUT2D eigenvalue weighted by molar-refractivity contribution is 0.292. The SMILES string of the molecule is CCC.CCCC.COc1nc(N2CC3CCC(C2)N3)c2cc(C)c(-c3ccc(F)c4sc(N)c(C)c34)c(F)c2n1.FC1CC2CCCN2C1. The topological polar surface area (TPSA) is 79.5 Å². The van der Waals surface area contributed by atoms with E-state index in [2.05, 4.69) is 52.8 Å². The zero-order valence-electron chi connectivity index (χ0n) is 30.8. The van der Waals surface area contributed by atoms with Gasteiger partial charge in [0.25, 0.3) is 0 Å². The van der Waals surface area contributed by atoms with Gasteiger partial charge in [0.1, 0.15) is 23.3 Å². The number of hydrogen-bond acceptors (Lipinski definition) is 8. The number of nitrogens with zero attached hydrogens (tertiary/aromatic N) is 4. The number of piperazine rings is 1. The fraction of sp³-hybridized carbons (Fsp3) is 0.590. The Morgan fingerprint density at radius 3 is 2.30 bits per heavy atom. The molecule has 4 saturated heterocycles. The number of ether oxygens (including phenoxy) is 1. The van der Waals surface area contributed by atoms with Gasteiger partial charge in [0, 0.05) is 54.1 Å². The van der Waals surface area contributed by atoms with E-state index >= 15 is 4.39 Å². The van der Waals surface area contributed by atoms with Gasteiger partial charge in [0.2, 0.25) is 0 Å². The molecule has 50 heavy (non-hydrogen) atoms. The first-order chi connectivity index (χ1) is 24.0. The number of hydrogen-bond donors (Lipinski definition) is 2. The number of halogens is 3. The molecule has 4 aliphatic heterocycles. The van der Waals surface area contributed by atoms with Crippen LogP contribution in [0.5, 0.6) is 6.01 Å². The number of nitrogen functional groups attached to an aromatic ring is 1. The van der Waals surface area contributed by atoms with Gasteiger partial charge in [-0.3, -0.25) is 4.90 Å². The van der Waals surface area contributed by atoms with Crippen molar-refractivity contribution in [1.29, 1.82) is 0 Å². The van der Waals surface area contributed by atoms with Crippen molar-refractivity contribution in [3.63, 3.8) is 0 Å².